The first kappa shape index (κ1) is 13.8. The number of nitro groups is 1. The average molecular weight is 264 g/mol. The van der Waals surface area contributed by atoms with E-state index in [4.69, 9.17) is 0 Å². The van der Waals surface area contributed by atoms with Crippen molar-refractivity contribution in [3.05, 3.63) is 33.9 Å². The van der Waals surface area contributed by atoms with E-state index in [0.717, 1.165) is 37.8 Å². The van der Waals surface area contributed by atoms with Gasteiger partial charge >= 0.3 is 0 Å². The molecule has 0 spiro atoms. The molecule has 0 unspecified atom stereocenters. The van der Waals surface area contributed by atoms with E-state index >= 15 is 0 Å². The van der Waals surface area contributed by atoms with Crippen LogP contribution in [0.5, 0.6) is 0 Å². The highest BCUT2D eigenvalue weighted by Crippen LogP contribution is 2.28. The quantitative estimate of drug-likeness (QED) is 0.647. The fourth-order valence-corrected chi connectivity index (χ4v) is 2.55. The predicted molar refractivity (Wildman–Crippen MR) is 74.3 cm³/mol. The van der Waals surface area contributed by atoms with Gasteiger partial charge in [0.2, 0.25) is 0 Å². The summed E-state index contributed by atoms with van der Waals surface area (Å²) in [4.78, 5) is 10.6. The lowest BCUT2D eigenvalue weighted by Gasteiger charge is -2.25. The van der Waals surface area contributed by atoms with Crippen LogP contribution in [-0.4, -0.2) is 22.7 Å². The van der Waals surface area contributed by atoms with Crippen LogP contribution in [0.3, 0.4) is 0 Å². The third-order valence-electron chi connectivity index (χ3n) is 3.75. The van der Waals surface area contributed by atoms with Crippen LogP contribution in [0.1, 0.15) is 31.2 Å². The number of hydrogen-bond acceptors (Lipinski definition) is 4. The van der Waals surface area contributed by atoms with Crippen LogP contribution in [0, 0.1) is 23.0 Å². The van der Waals surface area contributed by atoms with E-state index in [2.05, 4.69) is 5.32 Å². The Kier molecular flexibility index (Phi) is 4.37. The molecule has 1 aromatic rings. The molecule has 5 nitrogen and oxygen atoms in total. The average Bonchev–Trinajstić information content (AvgIpc) is 2.38. The number of aryl methyl sites for hydroxylation is 1. The van der Waals surface area contributed by atoms with E-state index in [1.165, 1.54) is 0 Å². The smallest absolute Gasteiger partial charge is 0.292 e. The molecule has 1 aliphatic carbocycles. The first-order chi connectivity index (χ1) is 9.06. The second kappa shape index (κ2) is 6.02. The highest BCUT2D eigenvalue weighted by molar-refractivity contribution is 5.62. The molecule has 19 heavy (non-hydrogen) atoms. The van der Waals surface area contributed by atoms with Crippen molar-refractivity contribution < 1.29 is 10.0 Å². The van der Waals surface area contributed by atoms with Crippen LogP contribution in [-0.2, 0) is 0 Å². The molecule has 0 saturated heterocycles. The number of anilines is 1. The van der Waals surface area contributed by atoms with E-state index < -0.39 is 0 Å². The number of nitrogens with zero attached hydrogens (tertiary/aromatic N) is 1. The summed E-state index contributed by atoms with van der Waals surface area (Å²) in [5.41, 5.74) is 1.73. The van der Waals surface area contributed by atoms with Gasteiger partial charge in [-0.05, 0) is 50.2 Å². The van der Waals surface area contributed by atoms with Gasteiger partial charge in [-0.25, -0.2) is 0 Å². The number of aliphatic hydroxyl groups excluding tert-OH is 1. The molecule has 1 aliphatic rings. The minimum atomic E-state index is -0.355. The molecule has 1 aromatic carbocycles. The lowest BCUT2D eigenvalue weighted by molar-refractivity contribution is -0.384. The molecule has 0 aromatic heterocycles. The van der Waals surface area contributed by atoms with Gasteiger partial charge in [-0.15, -0.1) is 0 Å². The third-order valence-corrected chi connectivity index (χ3v) is 3.75. The molecular formula is C14H20N2O3. The Bertz CT molecular complexity index is 454. The van der Waals surface area contributed by atoms with Crippen molar-refractivity contribution in [2.75, 3.05) is 11.9 Å². The van der Waals surface area contributed by atoms with Crippen molar-refractivity contribution in [2.24, 2.45) is 5.92 Å². The Balaban J connectivity index is 1.98. The third kappa shape index (κ3) is 3.67. The molecular weight excluding hydrogens is 244 g/mol. The summed E-state index contributed by atoms with van der Waals surface area (Å²) in [6.45, 7) is 2.66. The van der Waals surface area contributed by atoms with E-state index in [1.54, 1.807) is 12.1 Å². The van der Waals surface area contributed by atoms with Crippen LogP contribution in [0.2, 0.25) is 0 Å². The zero-order valence-corrected chi connectivity index (χ0v) is 11.1. The van der Waals surface area contributed by atoms with Crippen LogP contribution < -0.4 is 5.32 Å². The maximum Gasteiger partial charge on any atom is 0.292 e. The Morgan fingerprint density at radius 3 is 2.68 bits per heavy atom. The van der Waals surface area contributed by atoms with Gasteiger partial charge in [-0.3, -0.25) is 10.1 Å². The van der Waals surface area contributed by atoms with E-state index in [1.807, 2.05) is 13.0 Å². The highest BCUT2D eigenvalue weighted by atomic mass is 16.6. The summed E-state index contributed by atoms with van der Waals surface area (Å²) in [5, 5.41) is 23.6. The van der Waals surface area contributed by atoms with E-state index in [0.29, 0.717) is 11.6 Å². The van der Waals surface area contributed by atoms with E-state index in [9.17, 15) is 15.2 Å². The largest absolute Gasteiger partial charge is 0.393 e. The molecule has 0 atom stereocenters. The van der Waals surface area contributed by atoms with Crippen molar-refractivity contribution in [2.45, 2.75) is 38.7 Å². The minimum absolute atomic E-state index is 0.126. The Morgan fingerprint density at radius 2 is 2.05 bits per heavy atom. The molecule has 5 heteroatoms. The predicted octanol–water partition coefficient (Wildman–Crippen LogP) is 2.87. The molecule has 1 saturated carbocycles. The number of nitro benzene ring substituents is 1. The maximum atomic E-state index is 11.0. The topological polar surface area (TPSA) is 75.4 Å². The first-order valence-corrected chi connectivity index (χ1v) is 6.73. The standard InChI is InChI=1S/C14H20N2O3/c1-10-2-7-14(16(18)19)13(8-10)15-9-11-3-5-12(17)6-4-11/h2,7-8,11-12,15,17H,3-6,9H2,1H3. The van der Waals surface area contributed by atoms with Gasteiger partial charge in [0, 0.05) is 12.6 Å². The van der Waals surface area contributed by atoms with Crippen LogP contribution in [0.15, 0.2) is 18.2 Å². The molecule has 0 bridgehead atoms. The van der Waals surface area contributed by atoms with Crippen molar-refractivity contribution in [1.29, 1.82) is 0 Å². The SMILES string of the molecule is Cc1ccc([N+](=O)[O-])c(NCC2CCC(O)CC2)c1. The highest BCUT2D eigenvalue weighted by Gasteiger charge is 2.20. The molecule has 2 N–H and O–H groups in total. The van der Waals surface area contributed by atoms with Crippen molar-refractivity contribution >= 4 is 11.4 Å². The number of rotatable bonds is 4. The van der Waals surface area contributed by atoms with Gasteiger partial charge < -0.3 is 10.4 Å². The summed E-state index contributed by atoms with van der Waals surface area (Å²) < 4.78 is 0. The molecule has 1 fully saturated rings. The second-order valence-electron chi connectivity index (χ2n) is 5.33. The maximum absolute atomic E-state index is 11.0. The zero-order valence-electron chi connectivity index (χ0n) is 11.1. The Morgan fingerprint density at radius 1 is 1.37 bits per heavy atom. The lowest BCUT2D eigenvalue weighted by atomic mass is 9.87. The molecule has 104 valence electrons. The Labute approximate surface area is 112 Å². The zero-order chi connectivity index (χ0) is 13.8. The first-order valence-electron chi connectivity index (χ1n) is 6.73. The molecule has 0 amide bonds. The summed E-state index contributed by atoms with van der Waals surface area (Å²) in [5.74, 6) is 0.489. The summed E-state index contributed by atoms with van der Waals surface area (Å²) in [6.07, 6.45) is 3.47. The van der Waals surface area contributed by atoms with Gasteiger partial charge in [0.05, 0.1) is 11.0 Å². The molecule has 0 radical (unpaired) electrons. The van der Waals surface area contributed by atoms with Crippen LogP contribution in [0.4, 0.5) is 11.4 Å². The number of hydrogen-bond donors (Lipinski definition) is 2. The van der Waals surface area contributed by atoms with Crippen molar-refractivity contribution in [3.63, 3.8) is 0 Å². The van der Waals surface area contributed by atoms with Gasteiger partial charge in [-0.1, -0.05) is 6.07 Å². The fraction of sp³-hybridized carbons (Fsp3) is 0.571. The molecule has 0 aliphatic heterocycles. The summed E-state index contributed by atoms with van der Waals surface area (Å²) in [6, 6.07) is 5.11. The van der Waals surface area contributed by atoms with Crippen LogP contribution >= 0.6 is 0 Å². The molecule has 0 heterocycles. The summed E-state index contributed by atoms with van der Waals surface area (Å²) >= 11 is 0. The minimum Gasteiger partial charge on any atom is -0.393 e. The lowest BCUT2D eigenvalue weighted by Crippen LogP contribution is -2.23. The van der Waals surface area contributed by atoms with Crippen molar-refractivity contribution in [1.82, 2.24) is 0 Å². The second-order valence-corrected chi connectivity index (χ2v) is 5.33. The fourth-order valence-electron chi connectivity index (χ4n) is 2.55. The van der Waals surface area contributed by atoms with Crippen molar-refractivity contribution in [3.8, 4) is 0 Å². The summed E-state index contributed by atoms with van der Waals surface area (Å²) in [7, 11) is 0. The van der Waals surface area contributed by atoms with Gasteiger partial charge in [0.25, 0.3) is 5.69 Å². The number of aliphatic hydroxyl groups is 1. The van der Waals surface area contributed by atoms with Gasteiger partial charge in [0.15, 0.2) is 0 Å². The Hall–Kier alpha value is -1.62. The van der Waals surface area contributed by atoms with Gasteiger partial charge in [-0.2, -0.15) is 0 Å². The van der Waals surface area contributed by atoms with Gasteiger partial charge in [0.1, 0.15) is 5.69 Å². The van der Waals surface area contributed by atoms with E-state index in [-0.39, 0.29) is 16.7 Å². The molecule has 2 rings (SSSR count). The number of nitrogens with one attached hydrogen (secondary N) is 1. The number of benzene rings is 1. The monoisotopic (exact) mass is 264 g/mol. The normalized spacial score (nSPS) is 23.1. The van der Waals surface area contributed by atoms with Crippen LogP contribution in [0.25, 0.3) is 0 Å².